The Labute approximate surface area is 334 Å². The van der Waals surface area contributed by atoms with Gasteiger partial charge in [-0.25, -0.2) is 24.9 Å². The van der Waals surface area contributed by atoms with Gasteiger partial charge in [0.15, 0.2) is 16.5 Å². The number of hydrogen-bond acceptors (Lipinski definition) is 11. The number of pyridine rings is 1. The highest BCUT2D eigenvalue weighted by Gasteiger charge is 2.53. The van der Waals surface area contributed by atoms with Crippen LogP contribution in [0.1, 0.15) is 5.89 Å². The van der Waals surface area contributed by atoms with Crippen molar-refractivity contribution in [3.05, 3.63) is 164 Å². The van der Waals surface area contributed by atoms with Crippen molar-refractivity contribution >= 4 is 65.1 Å². The van der Waals surface area contributed by atoms with Gasteiger partial charge >= 0.3 is 0 Å². The smallest absolute Gasteiger partial charge is 0.252 e. The van der Waals surface area contributed by atoms with Crippen LogP contribution >= 0.6 is 21.4 Å². The van der Waals surface area contributed by atoms with E-state index in [9.17, 15) is 0 Å². The van der Waals surface area contributed by atoms with Crippen LogP contribution in [0.5, 0.6) is 0 Å². The van der Waals surface area contributed by atoms with Crippen LogP contribution in [-0.4, -0.2) is 39.7 Å². The summed E-state index contributed by atoms with van der Waals surface area (Å²) in [4.78, 5) is 31.8. The zero-order valence-corrected chi connectivity index (χ0v) is 31.8. The van der Waals surface area contributed by atoms with Crippen molar-refractivity contribution in [2.45, 2.75) is 14.3 Å². The molecule has 0 fully saturated rings. The van der Waals surface area contributed by atoms with E-state index in [0.717, 1.165) is 53.5 Å². The van der Waals surface area contributed by atoms with Crippen LogP contribution in [0.15, 0.2) is 190 Å². The second-order valence-corrected chi connectivity index (χ2v) is 17.5. The fourth-order valence-corrected chi connectivity index (χ4v) is 13.1. The van der Waals surface area contributed by atoms with Gasteiger partial charge in [0, 0.05) is 58.3 Å². The van der Waals surface area contributed by atoms with Crippen molar-refractivity contribution < 1.29 is 13.4 Å². The lowest BCUT2D eigenvalue weighted by atomic mass is 9.93. The molecule has 12 rings (SSSR count). The Morgan fingerprint density at radius 1 is 0.655 bits per heavy atom. The molecule has 4 aromatic carbocycles. The van der Waals surface area contributed by atoms with Gasteiger partial charge in [-0.15, -0.1) is 11.3 Å². The van der Waals surface area contributed by atoms with Crippen molar-refractivity contribution in [3.8, 4) is 39.7 Å². The topological polar surface area (TPSA) is 134 Å². The van der Waals surface area contributed by atoms with Crippen molar-refractivity contribution in [2.24, 2.45) is 4.99 Å². The zero-order valence-electron chi connectivity index (χ0n) is 30.1. The Morgan fingerprint density at radius 3 is 2.26 bits per heavy atom. The van der Waals surface area contributed by atoms with Gasteiger partial charge in [0.2, 0.25) is 0 Å². The molecule has 0 saturated carbocycles. The summed E-state index contributed by atoms with van der Waals surface area (Å²) in [6.45, 7) is 0. The first-order chi connectivity index (χ1) is 28.8. The maximum absolute atomic E-state index is 6.89. The number of nitrogens with zero attached hydrogens (tertiary/aromatic N) is 8. The van der Waals surface area contributed by atoms with Gasteiger partial charge in [-0.1, -0.05) is 69.8 Å². The summed E-state index contributed by atoms with van der Waals surface area (Å²) in [5.74, 6) is 1.43. The molecule has 11 aromatic rings. The molecule has 0 saturated heterocycles. The first kappa shape index (κ1) is 32.7. The molecular formula is C45H26N8O3S2. The third-order valence-corrected chi connectivity index (χ3v) is 15.2. The minimum Gasteiger partial charge on any atom is -0.456 e. The van der Waals surface area contributed by atoms with Gasteiger partial charge in [-0.05, 0) is 60.0 Å². The Bertz CT molecular complexity index is 3260. The molecule has 7 aromatic heterocycles. The van der Waals surface area contributed by atoms with E-state index < -0.39 is 10.0 Å². The van der Waals surface area contributed by atoms with Crippen LogP contribution in [0.25, 0.3) is 72.6 Å². The van der Waals surface area contributed by atoms with E-state index in [2.05, 4.69) is 35.0 Å². The summed E-state index contributed by atoms with van der Waals surface area (Å²) >= 11 is 1.51. The second kappa shape index (κ2) is 12.8. The van der Waals surface area contributed by atoms with Crippen molar-refractivity contribution in [1.29, 1.82) is 0 Å². The number of fused-ring (bicyclic) bond motifs is 4. The summed E-state index contributed by atoms with van der Waals surface area (Å²) in [5, 5.41) is 9.88. The lowest BCUT2D eigenvalue weighted by Crippen LogP contribution is -2.15. The minimum absolute atomic E-state index is 0.346. The number of oxazole rings is 1. The molecule has 0 amide bonds. The maximum Gasteiger partial charge on any atom is 0.252 e. The molecule has 1 aliphatic rings. The number of aromatic nitrogens is 7. The van der Waals surface area contributed by atoms with Gasteiger partial charge in [-0.3, -0.25) is 4.98 Å². The predicted octanol–water partition coefficient (Wildman–Crippen LogP) is 11.5. The average molecular weight is 791 g/mol. The quantitative estimate of drug-likeness (QED) is 0.155. The Kier molecular flexibility index (Phi) is 7.21. The second-order valence-electron chi connectivity index (χ2n) is 13.5. The number of hydrogen-bond donors (Lipinski definition) is 0. The molecule has 58 heavy (non-hydrogen) atoms. The number of para-hydroxylation sites is 4. The number of benzene rings is 4. The molecule has 1 aliphatic heterocycles. The summed E-state index contributed by atoms with van der Waals surface area (Å²) in [6.07, 6.45) is 10.8. The van der Waals surface area contributed by atoms with Gasteiger partial charge in [0.1, 0.15) is 32.5 Å². The Morgan fingerprint density at radius 2 is 1.47 bits per heavy atom. The summed E-state index contributed by atoms with van der Waals surface area (Å²) < 4.78 is 22.2. The van der Waals surface area contributed by atoms with Crippen LogP contribution in [-0.2, 0) is 0 Å². The highest BCUT2D eigenvalue weighted by molar-refractivity contribution is 8.47. The van der Waals surface area contributed by atoms with E-state index >= 15 is 0 Å². The molecule has 8 heterocycles. The summed E-state index contributed by atoms with van der Waals surface area (Å²) in [5.41, 5.74) is 7.32. The first-order valence-corrected chi connectivity index (χ1v) is 20.8. The summed E-state index contributed by atoms with van der Waals surface area (Å²) in [7, 11) is -2.78. The molecule has 0 radical (unpaired) electrons. The number of furan rings is 1. The third kappa shape index (κ3) is 4.71. The SMILES string of the molecule is c1ccc(-c2c(-c3ncccn3)c(-n3ccc4ccccc43)c(-c3cc4ccccc4o3)c3c2S(c2ccon2)(c2nccs2)C(c2nc4ccccc4o2)=N3)nc1. The zero-order chi connectivity index (χ0) is 38.2. The number of rotatable bonds is 7. The van der Waals surface area contributed by atoms with Crippen molar-refractivity contribution in [1.82, 2.24) is 34.6 Å². The van der Waals surface area contributed by atoms with Crippen LogP contribution in [0.2, 0.25) is 0 Å². The molecular weight excluding hydrogens is 765 g/mol. The predicted molar refractivity (Wildman–Crippen MR) is 224 cm³/mol. The van der Waals surface area contributed by atoms with E-state index in [0.29, 0.717) is 50.0 Å². The molecule has 0 aliphatic carbocycles. The Balaban J connectivity index is 1.37. The number of aliphatic imine (C=N–C) groups is 1. The summed E-state index contributed by atoms with van der Waals surface area (Å²) in [6, 6.07) is 37.8. The molecule has 1 atom stereocenters. The molecule has 0 spiro atoms. The monoisotopic (exact) mass is 790 g/mol. The highest BCUT2D eigenvalue weighted by Crippen LogP contribution is 2.79. The molecule has 11 nitrogen and oxygen atoms in total. The van der Waals surface area contributed by atoms with Gasteiger partial charge in [0.25, 0.3) is 5.89 Å². The van der Waals surface area contributed by atoms with E-state index in [1.165, 1.54) is 11.3 Å². The van der Waals surface area contributed by atoms with Gasteiger partial charge in [-0.2, -0.15) is 0 Å². The molecule has 1 unspecified atom stereocenters. The van der Waals surface area contributed by atoms with Crippen molar-refractivity contribution in [2.75, 3.05) is 0 Å². The largest absolute Gasteiger partial charge is 0.456 e. The molecule has 276 valence electrons. The lowest BCUT2D eigenvalue weighted by Gasteiger charge is -2.35. The van der Waals surface area contributed by atoms with Gasteiger partial charge < -0.3 is 17.9 Å². The van der Waals surface area contributed by atoms with E-state index in [1.807, 2.05) is 96.4 Å². The highest BCUT2D eigenvalue weighted by atomic mass is 32.3. The van der Waals surface area contributed by atoms with Crippen LogP contribution in [0, 0.1) is 0 Å². The maximum atomic E-state index is 6.89. The number of thiazole rings is 1. The van der Waals surface area contributed by atoms with Crippen LogP contribution in [0.4, 0.5) is 5.69 Å². The van der Waals surface area contributed by atoms with Crippen molar-refractivity contribution in [3.63, 3.8) is 0 Å². The van der Waals surface area contributed by atoms with E-state index in [-0.39, 0.29) is 0 Å². The first-order valence-electron chi connectivity index (χ1n) is 18.3. The molecule has 13 heteroatoms. The van der Waals surface area contributed by atoms with Crippen LogP contribution < -0.4 is 0 Å². The van der Waals surface area contributed by atoms with Gasteiger partial charge in [0.05, 0.1) is 33.7 Å². The fraction of sp³-hybridized carbons (Fsp3) is 0. The average Bonchev–Trinajstić information content (AvgIpc) is 4.13. The minimum atomic E-state index is -2.78. The fourth-order valence-electron chi connectivity index (χ4n) is 7.96. The third-order valence-electron chi connectivity index (χ3n) is 10.3. The Hall–Kier alpha value is -7.48. The lowest BCUT2D eigenvalue weighted by molar-refractivity contribution is 0.403. The van der Waals surface area contributed by atoms with Crippen LogP contribution in [0.3, 0.4) is 0 Å². The van der Waals surface area contributed by atoms with E-state index in [4.69, 9.17) is 48.4 Å². The van der Waals surface area contributed by atoms with E-state index in [1.54, 1.807) is 31.1 Å². The molecule has 0 bridgehead atoms. The standard InChI is InChI=1S/C45H26N8O3S2/c1-4-14-31-27(10-1)17-23-53(31)40-37(34-26-28-11-2-5-15-32(28)55-34)39-41(36(30-13-7-8-19-46-30)38(40)42-47-20-9-21-48-42)58(35-18-24-54-52-35,45-49-22-25-57-45)44(51-39)43-50-29-12-3-6-16-33(29)56-43/h1-26H. The normalized spacial score (nSPS) is 16.2. The molecule has 0 N–H and O–H groups in total.